The summed E-state index contributed by atoms with van der Waals surface area (Å²) in [4.78, 5) is 11.8. The summed E-state index contributed by atoms with van der Waals surface area (Å²) in [6.45, 7) is 8.16. The van der Waals surface area contributed by atoms with Crippen LogP contribution in [0, 0.1) is 5.92 Å². The van der Waals surface area contributed by atoms with Crippen LogP contribution < -0.4 is 10.0 Å². The van der Waals surface area contributed by atoms with E-state index in [2.05, 4.69) is 10.0 Å². The van der Waals surface area contributed by atoms with E-state index in [9.17, 15) is 13.2 Å². The first-order chi connectivity index (χ1) is 10.2. The van der Waals surface area contributed by atoms with E-state index in [1.165, 1.54) is 0 Å². The molecule has 0 aliphatic carbocycles. The molecule has 22 heavy (non-hydrogen) atoms. The zero-order valence-corrected chi connectivity index (χ0v) is 14.5. The number of hydrogen-bond donors (Lipinski definition) is 2. The van der Waals surface area contributed by atoms with Crippen LogP contribution in [0.5, 0.6) is 0 Å². The van der Waals surface area contributed by atoms with Gasteiger partial charge >= 0.3 is 0 Å². The number of benzene rings is 1. The smallest absolute Gasteiger partial charge is 0.240 e. The van der Waals surface area contributed by atoms with Crippen LogP contribution in [-0.4, -0.2) is 26.9 Å². The van der Waals surface area contributed by atoms with Crippen LogP contribution in [0.25, 0.3) is 0 Å². The second kappa shape index (κ2) is 8.29. The quantitative estimate of drug-likeness (QED) is 0.768. The number of nitrogens with one attached hydrogen (secondary N) is 2. The lowest BCUT2D eigenvalue weighted by Gasteiger charge is -2.10. The first-order valence-electron chi connectivity index (χ1n) is 7.58. The molecule has 2 N–H and O–H groups in total. The molecule has 0 aromatic heterocycles. The molecule has 0 unspecified atom stereocenters. The molecular formula is C16H26N2O3S. The number of hydrogen-bond acceptors (Lipinski definition) is 3. The average molecular weight is 326 g/mol. The number of sulfonamides is 1. The lowest BCUT2D eigenvalue weighted by molar-refractivity contribution is -0.121. The summed E-state index contributed by atoms with van der Waals surface area (Å²) < 4.78 is 26.7. The predicted octanol–water partition coefficient (Wildman–Crippen LogP) is 2.08. The summed E-state index contributed by atoms with van der Waals surface area (Å²) in [5, 5.41) is 2.83. The molecule has 0 bridgehead atoms. The van der Waals surface area contributed by atoms with Crippen molar-refractivity contribution >= 4 is 15.9 Å². The highest BCUT2D eigenvalue weighted by Crippen LogP contribution is 2.12. The molecule has 1 aromatic carbocycles. The van der Waals surface area contributed by atoms with Crippen LogP contribution in [-0.2, 0) is 21.2 Å². The third kappa shape index (κ3) is 6.58. The van der Waals surface area contributed by atoms with Gasteiger partial charge < -0.3 is 5.32 Å². The fraction of sp³-hybridized carbons (Fsp3) is 0.562. The van der Waals surface area contributed by atoms with Crippen molar-refractivity contribution in [2.45, 2.75) is 51.5 Å². The number of amides is 1. The minimum Gasteiger partial charge on any atom is -0.354 e. The molecule has 124 valence electrons. The molecule has 1 amide bonds. The van der Waals surface area contributed by atoms with Crippen LogP contribution in [0.15, 0.2) is 29.2 Å². The molecule has 0 heterocycles. The van der Waals surface area contributed by atoms with E-state index in [0.29, 0.717) is 19.4 Å². The van der Waals surface area contributed by atoms with Crippen molar-refractivity contribution < 1.29 is 13.2 Å². The van der Waals surface area contributed by atoms with E-state index >= 15 is 0 Å². The van der Waals surface area contributed by atoms with Crippen molar-refractivity contribution in [3.63, 3.8) is 0 Å². The van der Waals surface area contributed by atoms with Crippen molar-refractivity contribution in [3.8, 4) is 0 Å². The van der Waals surface area contributed by atoms with E-state index < -0.39 is 10.0 Å². The molecule has 0 radical (unpaired) electrons. The SMILES string of the molecule is CC(C)CNS(=O)(=O)c1ccc(CCC(=O)NC(C)C)cc1. The van der Waals surface area contributed by atoms with Gasteiger partial charge in [0.15, 0.2) is 0 Å². The number of carbonyl (C=O) groups is 1. The summed E-state index contributed by atoms with van der Waals surface area (Å²) in [6.07, 6.45) is 0.994. The maximum absolute atomic E-state index is 12.1. The number of aryl methyl sites for hydroxylation is 1. The van der Waals surface area contributed by atoms with E-state index in [1.807, 2.05) is 27.7 Å². The second-order valence-corrected chi connectivity index (χ2v) is 7.88. The first kappa shape index (κ1) is 18.6. The van der Waals surface area contributed by atoms with E-state index in [4.69, 9.17) is 0 Å². The van der Waals surface area contributed by atoms with Gasteiger partial charge in [-0.3, -0.25) is 4.79 Å². The summed E-state index contributed by atoms with van der Waals surface area (Å²) >= 11 is 0. The lowest BCUT2D eigenvalue weighted by atomic mass is 10.1. The van der Waals surface area contributed by atoms with Gasteiger partial charge in [0.05, 0.1) is 4.90 Å². The zero-order chi connectivity index (χ0) is 16.8. The molecule has 0 atom stereocenters. The molecular weight excluding hydrogens is 300 g/mol. The molecule has 0 spiro atoms. The fourth-order valence-electron chi connectivity index (χ4n) is 1.85. The fourth-order valence-corrected chi connectivity index (χ4v) is 3.06. The normalized spacial score (nSPS) is 11.9. The molecule has 0 saturated heterocycles. The molecule has 0 aliphatic heterocycles. The molecule has 0 fully saturated rings. The number of rotatable bonds is 8. The van der Waals surface area contributed by atoms with Crippen molar-refractivity contribution in [1.82, 2.24) is 10.0 Å². The third-order valence-electron chi connectivity index (χ3n) is 3.01. The number of carbonyl (C=O) groups excluding carboxylic acids is 1. The Morgan fingerprint density at radius 2 is 1.68 bits per heavy atom. The van der Waals surface area contributed by atoms with Gasteiger partial charge in [-0.15, -0.1) is 0 Å². The Labute approximate surface area is 133 Å². The largest absolute Gasteiger partial charge is 0.354 e. The Kier molecular flexibility index (Phi) is 7.03. The van der Waals surface area contributed by atoms with Gasteiger partial charge in [-0.2, -0.15) is 0 Å². The van der Waals surface area contributed by atoms with Crippen LogP contribution in [0.4, 0.5) is 0 Å². The van der Waals surface area contributed by atoms with Crippen molar-refractivity contribution in [3.05, 3.63) is 29.8 Å². The van der Waals surface area contributed by atoms with E-state index in [-0.39, 0.29) is 22.8 Å². The minimum absolute atomic E-state index is 0.00491. The van der Waals surface area contributed by atoms with E-state index in [0.717, 1.165) is 5.56 Å². The zero-order valence-electron chi connectivity index (χ0n) is 13.7. The molecule has 0 saturated carbocycles. The first-order valence-corrected chi connectivity index (χ1v) is 9.07. The summed E-state index contributed by atoms with van der Waals surface area (Å²) in [6, 6.07) is 6.81. The lowest BCUT2D eigenvalue weighted by Crippen LogP contribution is -2.30. The molecule has 6 heteroatoms. The summed E-state index contributed by atoms with van der Waals surface area (Å²) in [5.41, 5.74) is 0.946. The maximum atomic E-state index is 12.1. The molecule has 1 aromatic rings. The monoisotopic (exact) mass is 326 g/mol. The minimum atomic E-state index is -3.45. The van der Waals surface area contributed by atoms with Crippen molar-refractivity contribution in [1.29, 1.82) is 0 Å². The van der Waals surface area contributed by atoms with Gasteiger partial charge in [0.25, 0.3) is 0 Å². The predicted molar refractivity (Wildman–Crippen MR) is 88.1 cm³/mol. The Morgan fingerprint density at radius 3 is 2.18 bits per heavy atom. The van der Waals surface area contributed by atoms with Crippen LogP contribution in [0.2, 0.25) is 0 Å². The van der Waals surface area contributed by atoms with Gasteiger partial charge in [0.2, 0.25) is 15.9 Å². The van der Waals surface area contributed by atoms with Crippen molar-refractivity contribution in [2.75, 3.05) is 6.54 Å². The van der Waals surface area contributed by atoms with Crippen LogP contribution in [0.1, 0.15) is 39.7 Å². The molecule has 0 aliphatic rings. The van der Waals surface area contributed by atoms with Crippen molar-refractivity contribution in [2.24, 2.45) is 5.92 Å². The highest BCUT2D eigenvalue weighted by Gasteiger charge is 2.14. The second-order valence-electron chi connectivity index (χ2n) is 6.11. The van der Waals surface area contributed by atoms with Gasteiger partial charge in [-0.05, 0) is 43.9 Å². The van der Waals surface area contributed by atoms with Gasteiger partial charge in [0.1, 0.15) is 0 Å². The topological polar surface area (TPSA) is 75.3 Å². The molecule has 5 nitrogen and oxygen atoms in total. The van der Waals surface area contributed by atoms with Gasteiger partial charge in [-0.25, -0.2) is 13.1 Å². The van der Waals surface area contributed by atoms with Gasteiger partial charge in [-0.1, -0.05) is 26.0 Å². The Bertz CT molecular complexity index is 578. The maximum Gasteiger partial charge on any atom is 0.240 e. The van der Waals surface area contributed by atoms with Crippen LogP contribution >= 0.6 is 0 Å². The molecule has 1 rings (SSSR count). The highest BCUT2D eigenvalue weighted by atomic mass is 32.2. The average Bonchev–Trinajstić information content (AvgIpc) is 2.43. The van der Waals surface area contributed by atoms with E-state index in [1.54, 1.807) is 24.3 Å². The Balaban J connectivity index is 2.61. The third-order valence-corrected chi connectivity index (χ3v) is 4.45. The Morgan fingerprint density at radius 1 is 1.09 bits per heavy atom. The highest BCUT2D eigenvalue weighted by molar-refractivity contribution is 7.89. The van der Waals surface area contributed by atoms with Crippen LogP contribution in [0.3, 0.4) is 0 Å². The standard InChI is InChI=1S/C16H26N2O3S/c1-12(2)11-17-22(20,21)15-8-5-14(6-9-15)7-10-16(19)18-13(3)4/h5-6,8-9,12-13,17H,7,10-11H2,1-4H3,(H,18,19). The summed E-state index contributed by atoms with van der Waals surface area (Å²) in [7, 11) is -3.45. The Hall–Kier alpha value is -1.40. The van der Waals surface area contributed by atoms with Gasteiger partial charge in [0, 0.05) is 19.0 Å². The summed E-state index contributed by atoms with van der Waals surface area (Å²) in [5.74, 6) is 0.263.